The maximum Gasteiger partial charge on any atom is 0.180 e. The Hall–Kier alpha value is -6.24. The molecule has 0 aliphatic heterocycles. The zero-order valence-corrected chi connectivity index (χ0v) is 27.7. The zero-order chi connectivity index (χ0) is 33.0. The number of nitrogens with zero attached hydrogens (tertiary/aromatic N) is 4. The molecule has 0 spiro atoms. The lowest BCUT2D eigenvalue weighted by Gasteiger charge is -2.11. The van der Waals surface area contributed by atoms with Gasteiger partial charge in [0.25, 0.3) is 0 Å². The lowest BCUT2D eigenvalue weighted by atomic mass is 10.0. The van der Waals surface area contributed by atoms with Crippen LogP contribution in [-0.4, -0.2) is 19.9 Å². The van der Waals surface area contributed by atoms with E-state index in [0.29, 0.717) is 11.6 Å². The van der Waals surface area contributed by atoms with E-state index < -0.39 is 0 Å². The van der Waals surface area contributed by atoms with Gasteiger partial charge in [-0.15, -0.1) is 11.3 Å². The van der Waals surface area contributed by atoms with Gasteiger partial charge in [0.1, 0.15) is 16.8 Å². The van der Waals surface area contributed by atoms with Crippen molar-refractivity contribution in [2.45, 2.75) is 12.8 Å². The van der Waals surface area contributed by atoms with E-state index in [1.54, 1.807) is 11.3 Å². The fraction of sp³-hybridized carbons (Fsp3) is 0.0455. The summed E-state index contributed by atoms with van der Waals surface area (Å²) in [6.07, 6.45) is 8.62. The molecule has 1 aliphatic carbocycles. The van der Waals surface area contributed by atoms with Crippen LogP contribution >= 0.6 is 11.3 Å². The lowest BCUT2D eigenvalue weighted by molar-refractivity contribution is 0.664. The van der Waals surface area contributed by atoms with Crippen LogP contribution in [0.3, 0.4) is 0 Å². The topological polar surface area (TPSA) is 64.7 Å². The van der Waals surface area contributed by atoms with Crippen molar-refractivity contribution in [1.82, 2.24) is 19.9 Å². The third-order valence-corrected chi connectivity index (χ3v) is 10.5. The van der Waals surface area contributed by atoms with Crippen molar-refractivity contribution in [2.24, 2.45) is 0 Å². The van der Waals surface area contributed by atoms with E-state index >= 15 is 0 Å². The van der Waals surface area contributed by atoms with Gasteiger partial charge >= 0.3 is 0 Å². The second-order valence-corrected chi connectivity index (χ2v) is 13.6. The van der Waals surface area contributed by atoms with Crippen LogP contribution < -0.4 is 0 Å². The molecule has 4 aromatic heterocycles. The Labute approximate surface area is 292 Å². The molecule has 4 heterocycles. The molecule has 10 rings (SSSR count). The third-order valence-electron chi connectivity index (χ3n) is 9.35. The average molecular weight is 661 g/mol. The minimum absolute atomic E-state index is 0.689. The molecule has 5 nitrogen and oxygen atoms in total. The van der Waals surface area contributed by atoms with Crippen LogP contribution in [0.5, 0.6) is 0 Å². The number of furan rings is 1. The second-order valence-electron chi connectivity index (χ2n) is 12.5. The highest BCUT2D eigenvalue weighted by atomic mass is 32.1. The molecule has 0 saturated carbocycles. The molecular formula is C44H28N4OS. The van der Waals surface area contributed by atoms with Gasteiger partial charge in [-0.25, -0.2) is 19.9 Å². The Kier molecular flexibility index (Phi) is 6.74. The number of allylic oxidation sites excluding steroid dienone is 4. The van der Waals surface area contributed by atoms with Crippen LogP contribution in [0, 0.1) is 0 Å². The first kappa shape index (κ1) is 28.7. The summed E-state index contributed by atoms with van der Waals surface area (Å²) in [5.74, 6) is 1.39. The fourth-order valence-corrected chi connectivity index (χ4v) is 8.05. The highest BCUT2D eigenvalue weighted by molar-refractivity contribution is 7.26. The molecule has 0 unspecified atom stereocenters. The van der Waals surface area contributed by atoms with E-state index in [-0.39, 0.29) is 0 Å². The summed E-state index contributed by atoms with van der Waals surface area (Å²) < 4.78 is 8.79. The van der Waals surface area contributed by atoms with Gasteiger partial charge in [0, 0.05) is 47.8 Å². The van der Waals surface area contributed by atoms with Gasteiger partial charge in [0.15, 0.2) is 17.2 Å². The van der Waals surface area contributed by atoms with Crippen LogP contribution in [0.4, 0.5) is 0 Å². The van der Waals surface area contributed by atoms with Gasteiger partial charge < -0.3 is 4.42 Å². The Morgan fingerprint density at radius 3 is 2.16 bits per heavy atom. The first-order valence-corrected chi connectivity index (χ1v) is 17.6. The van der Waals surface area contributed by atoms with E-state index in [1.165, 1.54) is 9.40 Å². The molecule has 1 aliphatic rings. The zero-order valence-electron chi connectivity index (χ0n) is 26.9. The van der Waals surface area contributed by atoms with Crippen molar-refractivity contribution < 1.29 is 4.42 Å². The number of thiophene rings is 1. The van der Waals surface area contributed by atoms with Crippen molar-refractivity contribution in [2.75, 3.05) is 0 Å². The van der Waals surface area contributed by atoms with Gasteiger partial charge in [-0.1, -0.05) is 109 Å². The fourth-order valence-electron chi connectivity index (χ4n) is 6.94. The number of fused-ring (bicyclic) bond motifs is 6. The maximum absolute atomic E-state index is 6.41. The summed E-state index contributed by atoms with van der Waals surface area (Å²) in [5, 5.41) is 3.28. The monoisotopic (exact) mass is 660 g/mol. The van der Waals surface area contributed by atoms with E-state index in [4.69, 9.17) is 24.4 Å². The van der Waals surface area contributed by atoms with Crippen LogP contribution in [0.2, 0.25) is 0 Å². The largest absolute Gasteiger partial charge is 0.452 e. The second kappa shape index (κ2) is 11.7. The Morgan fingerprint density at radius 1 is 0.560 bits per heavy atom. The van der Waals surface area contributed by atoms with E-state index in [9.17, 15) is 0 Å². The summed E-state index contributed by atoms with van der Waals surface area (Å²) in [6.45, 7) is 0. The maximum atomic E-state index is 6.41. The van der Waals surface area contributed by atoms with Crippen LogP contribution in [0.1, 0.15) is 18.5 Å². The molecule has 0 bridgehead atoms. The van der Waals surface area contributed by atoms with Crippen molar-refractivity contribution in [3.8, 4) is 45.3 Å². The minimum Gasteiger partial charge on any atom is -0.452 e. The Balaban J connectivity index is 1.20. The number of hydrogen-bond acceptors (Lipinski definition) is 6. The van der Waals surface area contributed by atoms with Crippen molar-refractivity contribution in [1.29, 1.82) is 0 Å². The summed E-state index contributed by atoms with van der Waals surface area (Å²) >= 11 is 1.79. The van der Waals surface area contributed by atoms with Crippen LogP contribution in [0.25, 0.3) is 93.1 Å². The van der Waals surface area contributed by atoms with E-state index in [2.05, 4.69) is 91.0 Å². The predicted octanol–water partition coefficient (Wildman–Crippen LogP) is 11.9. The molecule has 5 aromatic carbocycles. The molecule has 6 heteroatoms. The Bertz CT molecular complexity index is 2760. The standard InChI is InChI=1S/C44H28N4OS/c1-4-13-27(14-5-1)34-26-35(46-43(45-34)29-17-8-3-9-18-29)30-23-24-37-33(25-30)39-32(20-12-22-38(39)50-37)44-47-40(28-15-6-2-7-16-28)42-41(48-44)31-19-10-11-21-36(31)49-42/h1,3-6,8-26H,2,7H2. The van der Waals surface area contributed by atoms with Crippen molar-refractivity contribution >= 4 is 59.2 Å². The molecule has 0 N–H and O–H groups in total. The number of hydrogen-bond donors (Lipinski definition) is 0. The molecule has 0 radical (unpaired) electrons. The summed E-state index contributed by atoms with van der Waals surface area (Å²) in [7, 11) is 0. The molecule has 0 atom stereocenters. The first-order chi connectivity index (χ1) is 24.8. The highest BCUT2D eigenvalue weighted by Gasteiger charge is 2.21. The predicted molar refractivity (Wildman–Crippen MR) is 206 cm³/mol. The number of para-hydroxylation sites is 1. The minimum atomic E-state index is 0.689. The summed E-state index contributed by atoms with van der Waals surface area (Å²) in [6, 6.07) is 43.8. The van der Waals surface area contributed by atoms with E-state index in [0.717, 1.165) is 90.6 Å². The van der Waals surface area contributed by atoms with Crippen molar-refractivity contribution in [3.05, 3.63) is 151 Å². The number of benzene rings is 5. The molecular weight excluding hydrogens is 633 g/mol. The quantitative estimate of drug-likeness (QED) is 0.184. The van der Waals surface area contributed by atoms with Gasteiger partial charge in [0.05, 0.1) is 11.4 Å². The first-order valence-electron chi connectivity index (χ1n) is 16.8. The van der Waals surface area contributed by atoms with Crippen molar-refractivity contribution in [3.63, 3.8) is 0 Å². The SMILES string of the molecule is C1=CC(c2nc(-c3cccc4sc5ccc(-c6cc(-c7ccccc7)nc(-c7ccccc7)n6)cc5c34)nc3c2oc2ccccc23)=CCC1. The van der Waals surface area contributed by atoms with Gasteiger partial charge in [-0.3, -0.25) is 0 Å². The normalized spacial score (nSPS) is 13.1. The van der Waals surface area contributed by atoms with Gasteiger partial charge in [0.2, 0.25) is 0 Å². The molecule has 0 saturated heterocycles. The molecule has 9 aromatic rings. The van der Waals surface area contributed by atoms with Crippen LogP contribution in [-0.2, 0) is 0 Å². The molecule has 236 valence electrons. The summed E-state index contributed by atoms with van der Waals surface area (Å²) in [4.78, 5) is 20.6. The number of rotatable bonds is 5. The van der Waals surface area contributed by atoms with Gasteiger partial charge in [-0.05, 0) is 54.8 Å². The number of aromatic nitrogens is 4. The molecule has 0 amide bonds. The third kappa shape index (κ3) is 4.84. The molecule has 0 fully saturated rings. The van der Waals surface area contributed by atoms with Gasteiger partial charge in [-0.2, -0.15) is 0 Å². The molecule has 50 heavy (non-hydrogen) atoms. The smallest absolute Gasteiger partial charge is 0.180 e. The average Bonchev–Trinajstić information content (AvgIpc) is 3.76. The van der Waals surface area contributed by atoms with E-state index in [1.807, 2.05) is 54.6 Å². The Morgan fingerprint density at radius 2 is 1.34 bits per heavy atom. The summed E-state index contributed by atoms with van der Waals surface area (Å²) in [5.41, 5.74) is 10.1. The highest BCUT2D eigenvalue weighted by Crippen LogP contribution is 2.42. The van der Waals surface area contributed by atoms with Crippen LogP contribution in [0.15, 0.2) is 150 Å². The lowest BCUT2D eigenvalue weighted by Crippen LogP contribution is -1.97.